The van der Waals surface area contributed by atoms with Crippen molar-refractivity contribution in [2.45, 2.75) is 25.9 Å². The van der Waals surface area contributed by atoms with E-state index in [1.807, 2.05) is 37.3 Å². The average Bonchev–Trinajstić information content (AvgIpc) is 2.58. The lowest BCUT2D eigenvalue weighted by molar-refractivity contribution is -0.147. The fourth-order valence-corrected chi connectivity index (χ4v) is 2.21. The van der Waals surface area contributed by atoms with Crippen molar-refractivity contribution < 1.29 is 14.7 Å². The highest BCUT2D eigenvalue weighted by atomic mass is 16.4. The van der Waals surface area contributed by atoms with Crippen LogP contribution in [0.1, 0.15) is 18.9 Å². The zero-order valence-electron chi connectivity index (χ0n) is 9.67. The van der Waals surface area contributed by atoms with Gasteiger partial charge in [0.15, 0.2) is 0 Å². The molecule has 0 aromatic heterocycles. The first-order chi connectivity index (χ1) is 8.09. The van der Waals surface area contributed by atoms with Crippen molar-refractivity contribution >= 4 is 11.9 Å². The normalized spacial score (nSPS) is 24.1. The van der Waals surface area contributed by atoms with Crippen LogP contribution in [-0.4, -0.2) is 27.9 Å². The molecule has 0 radical (unpaired) electrons. The van der Waals surface area contributed by atoms with Crippen LogP contribution in [0.3, 0.4) is 0 Å². The Morgan fingerprint density at radius 2 is 2.06 bits per heavy atom. The summed E-state index contributed by atoms with van der Waals surface area (Å²) >= 11 is 0. The lowest BCUT2D eigenvalue weighted by Gasteiger charge is -2.21. The summed E-state index contributed by atoms with van der Waals surface area (Å²) in [5, 5.41) is 8.94. The molecule has 0 aliphatic carbocycles. The summed E-state index contributed by atoms with van der Waals surface area (Å²) in [4.78, 5) is 24.5. The molecule has 1 aliphatic heterocycles. The van der Waals surface area contributed by atoms with Gasteiger partial charge in [-0.1, -0.05) is 30.3 Å². The molecule has 1 amide bonds. The number of hydrogen-bond donors (Lipinski definition) is 1. The third-order valence-corrected chi connectivity index (χ3v) is 3.18. The maximum Gasteiger partial charge on any atom is 0.316 e. The molecule has 4 heteroatoms. The molecule has 17 heavy (non-hydrogen) atoms. The van der Waals surface area contributed by atoms with Gasteiger partial charge in [-0.3, -0.25) is 9.59 Å². The van der Waals surface area contributed by atoms with Crippen molar-refractivity contribution in [2.75, 3.05) is 0 Å². The summed E-state index contributed by atoms with van der Waals surface area (Å²) in [5.41, 5.74) is 1.03. The fourth-order valence-electron chi connectivity index (χ4n) is 2.21. The minimum Gasteiger partial charge on any atom is -0.481 e. The molecule has 2 atom stereocenters. The van der Waals surface area contributed by atoms with Crippen LogP contribution in [0.25, 0.3) is 0 Å². The molecule has 1 fully saturated rings. The van der Waals surface area contributed by atoms with Gasteiger partial charge < -0.3 is 10.0 Å². The number of carbonyl (C=O) groups is 2. The maximum absolute atomic E-state index is 11.9. The van der Waals surface area contributed by atoms with Crippen LogP contribution in [0.5, 0.6) is 0 Å². The number of rotatable bonds is 3. The second kappa shape index (κ2) is 4.57. The van der Waals surface area contributed by atoms with E-state index < -0.39 is 11.9 Å². The van der Waals surface area contributed by atoms with E-state index in [0.717, 1.165) is 5.56 Å². The van der Waals surface area contributed by atoms with Gasteiger partial charge in [0.2, 0.25) is 5.91 Å². The van der Waals surface area contributed by atoms with Gasteiger partial charge in [-0.2, -0.15) is 0 Å². The average molecular weight is 233 g/mol. The van der Waals surface area contributed by atoms with Gasteiger partial charge in [0.1, 0.15) is 5.92 Å². The minimum absolute atomic E-state index is 0.0104. The zero-order valence-corrected chi connectivity index (χ0v) is 9.67. The molecule has 4 nitrogen and oxygen atoms in total. The van der Waals surface area contributed by atoms with Crippen LogP contribution in [0, 0.1) is 5.92 Å². The van der Waals surface area contributed by atoms with Gasteiger partial charge in [-0.25, -0.2) is 0 Å². The summed E-state index contributed by atoms with van der Waals surface area (Å²) in [6, 6.07) is 9.61. The smallest absolute Gasteiger partial charge is 0.316 e. The summed E-state index contributed by atoms with van der Waals surface area (Å²) < 4.78 is 0. The molecule has 1 aromatic rings. The molecule has 1 aliphatic rings. The Hall–Kier alpha value is -1.84. The van der Waals surface area contributed by atoms with Gasteiger partial charge >= 0.3 is 5.97 Å². The number of carboxylic acids is 1. The lowest BCUT2D eigenvalue weighted by Crippen LogP contribution is -2.33. The second-order valence-electron chi connectivity index (χ2n) is 4.43. The van der Waals surface area contributed by atoms with Crippen LogP contribution >= 0.6 is 0 Å². The Morgan fingerprint density at radius 3 is 2.59 bits per heavy atom. The summed E-state index contributed by atoms with van der Waals surface area (Å²) in [7, 11) is 0. The Bertz CT molecular complexity index is 430. The Balaban J connectivity index is 2.12. The SMILES string of the molecule is C[C@@H]1C[C@@H](C(=O)O)C(=O)N1Cc1ccccc1. The van der Waals surface area contributed by atoms with Crippen LogP contribution in [0.4, 0.5) is 0 Å². The van der Waals surface area contributed by atoms with Crippen molar-refractivity contribution in [1.29, 1.82) is 0 Å². The molecule has 0 spiro atoms. The van der Waals surface area contributed by atoms with Crippen molar-refractivity contribution in [2.24, 2.45) is 5.92 Å². The Kier molecular flexibility index (Phi) is 3.13. The Morgan fingerprint density at radius 1 is 1.41 bits per heavy atom. The molecule has 0 unspecified atom stereocenters. The summed E-state index contributed by atoms with van der Waals surface area (Å²) in [6.07, 6.45) is 0.404. The van der Waals surface area contributed by atoms with E-state index in [1.54, 1.807) is 4.90 Å². The summed E-state index contributed by atoms with van der Waals surface area (Å²) in [6.45, 7) is 2.38. The first-order valence-electron chi connectivity index (χ1n) is 5.67. The zero-order chi connectivity index (χ0) is 12.4. The highest BCUT2D eigenvalue weighted by molar-refractivity contribution is 5.98. The number of likely N-dealkylation sites (tertiary alicyclic amines) is 1. The largest absolute Gasteiger partial charge is 0.481 e. The molecule has 1 N–H and O–H groups in total. The monoisotopic (exact) mass is 233 g/mol. The van der Waals surface area contributed by atoms with Crippen molar-refractivity contribution in [3.63, 3.8) is 0 Å². The lowest BCUT2D eigenvalue weighted by atomic mass is 10.1. The first-order valence-corrected chi connectivity index (χ1v) is 5.67. The van der Waals surface area contributed by atoms with E-state index in [9.17, 15) is 9.59 Å². The van der Waals surface area contributed by atoms with E-state index >= 15 is 0 Å². The van der Waals surface area contributed by atoms with Crippen LogP contribution < -0.4 is 0 Å². The van der Waals surface area contributed by atoms with Gasteiger partial charge in [-0.15, -0.1) is 0 Å². The number of hydrogen-bond acceptors (Lipinski definition) is 2. The quantitative estimate of drug-likeness (QED) is 0.805. The third-order valence-electron chi connectivity index (χ3n) is 3.18. The predicted octanol–water partition coefficient (Wildman–Crippen LogP) is 1.51. The van der Waals surface area contributed by atoms with E-state index in [0.29, 0.717) is 13.0 Å². The standard InChI is InChI=1S/C13H15NO3/c1-9-7-11(13(16)17)12(15)14(9)8-10-5-3-2-4-6-10/h2-6,9,11H,7-8H2,1H3,(H,16,17)/t9-,11-/m1/s1. The molecular formula is C13H15NO3. The number of amides is 1. The van der Waals surface area contributed by atoms with Gasteiger partial charge in [0, 0.05) is 12.6 Å². The van der Waals surface area contributed by atoms with Crippen LogP contribution in [0.2, 0.25) is 0 Å². The Labute approximate surface area is 99.9 Å². The van der Waals surface area contributed by atoms with Gasteiger partial charge in [0.25, 0.3) is 0 Å². The number of nitrogens with zero attached hydrogens (tertiary/aromatic N) is 1. The first kappa shape index (κ1) is 11.6. The van der Waals surface area contributed by atoms with E-state index in [-0.39, 0.29) is 11.9 Å². The number of aliphatic carboxylic acids is 1. The molecule has 0 saturated carbocycles. The van der Waals surface area contributed by atoms with E-state index in [4.69, 9.17) is 5.11 Å². The van der Waals surface area contributed by atoms with Crippen molar-refractivity contribution in [3.8, 4) is 0 Å². The second-order valence-corrected chi connectivity index (χ2v) is 4.43. The number of carbonyl (C=O) groups excluding carboxylic acids is 1. The maximum atomic E-state index is 11.9. The topological polar surface area (TPSA) is 57.6 Å². The number of carboxylic acid groups (broad SMARTS) is 1. The highest BCUT2D eigenvalue weighted by Crippen LogP contribution is 2.26. The molecular weight excluding hydrogens is 218 g/mol. The van der Waals surface area contributed by atoms with Crippen LogP contribution in [0.15, 0.2) is 30.3 Å². The molecule has 1 aromatic carbocycles. The predicted molar refractivity (Wildman–Crippen MR) is 62.2 cm³/mol. The number of benzene rings is 1. The molecule has 1 saturated heterocycles. The molecule has 2 rings (SSSR count). The highest BCUT2D eigenvalue weighted by Gasteiger charge is 2.41. The third kappa shape index (κ3) is 2.30. The van der Waals surface area contributed by atoms with E-state index in [2.05, 4.69) is 0 Å². The summed E-state index contributed by atoms with van der Waals surface area (Å²) in [5.74, 6) is -2.15. The molecule has 1 heterocycles. The van der Waals surface area contributed by atoms with Crippen LogP contribution in [-0.2, 0) is 16.1 Å². The molecule has 90 valence electrons. The van der Waals surface area contributed by atoms with Gasteiger partial charge in [0.05, 0.1) is 0 Å². The molecule has 0 bridgehead atoms. The fraction of sp³-hybridized carbons (Fsp3) is 0.385. The minimum atomic E-state index is -1.02. The van der Waals surface area contributed by atoms with Crippen molar-refractivity contribution in [3.05, 3.63) is 35.9 Å². The van der Waals surface area contributed by atoms with E-state index in [1.165, 1.54) is 0 Å². The van der Waals surface area contributed by atoms with Crippen molar-refractivity contribution in [1.82, 2.24) is 4.90 Å². The van der Waals surface area contributed by atoms with Gasteiger partial charge in [-0.05, 0) is 18.9 Å².